The Hall–Kier alpha value is -2.62. The zero-order valence-electron chi connectivity index (χ0n) is 17.7. The zero-order valence-corrected chi connectivity index (χ0v) is 17.7. The standard InChI is InChI=1S/C21H26F3N5O2/c1-14-19(15(2)31-26-14)20(30)29-7-5-17(6-8-29)27-9-11-28(12-10-27)18-4-3-16(13-25-18)21(22,23)24/h3-4,13,17H,5-12H2,1-2H3. The number of likely N-dealkylation sites (tertiary alicyclic amines) is 1. The normalized spacial score (nSPS) is 19.1. The van der Waals surface area contributed by atoms with Crippen molar-refractivity contribution in [2.45, 2.75) is 38.9 Å². The lowest BCUT2D eigenvalue weighted by Gasteiger charge is -2.43. The number of rotatable bonds is 3. The Morgan fingerprint density at radius 2 is 1.74 bits per heavy atom. The summed E-state index contributed by atoms with van der Waals surface area (Å²) in [6.45, 7) is 8.00. The number of nitrogens with zero attached hydrogens (tertiary/aromatic N) is 5. The molecule has 0 radical (unpaired) electrons. The molecule has 7 nitrogen and oxygen atoms in total. The van der Waals surface area contributed by atoms with Gasteiger partial charge in [-0.3, -0.25) is 9.69 Å². The van der Waals surface area contributed by atoms with Crippen molar-refractivity contribution in [3.8, 4) is 0 Å². The van der Waals surface area contributed by atoms with E-state index in [2.05, 4.69) is 15.0 Å². The number of anilines is 1. The molecule has 168 valence electrons. The summed E-state index contributed by atoms with van der Waals surface area (Å²) in [5, 5.41) is 3.87. The van der Waals surface area contributed by atoms with Gasteiger partial charge in [-0.15, -0.1) is 0 Å². The number of aromatic nitrogens is 2. The molecular weight excluding hydrogens is 411 g/mol. The van der Waals surface area contributed by atoms with Gasteiger partial charge in [-0.1, -0.05) is 5.16 Å². The molecule has 0 spiro atoms. The summed E-state index contributed by atoms with van der Waals surface area (Å²) in [4.78, 5) is 23.1. The second kappa shape index (κ2) is 8.49. The lowest BCUT2D eigenvalue weighted by atomic mass is 10.0. The molecule has 0 N–H and O–H groups in total. The van der Waals surface area contributed by atoms with Crippen LogP contribution in [0.5, 0.6) is 0 Å². The molecule has 2 aromatic heterocycles. The highest BCUT2D eigenvalue weighted by Gasteiger charge is 2.33. The third kappa shape index (κ3) is 4.53. The van der Waals surface area contributed by atoms with E-state index in [1.807, 2.05) is 9.80 Å². The minimum atomic E-state index is -4.37. The summed E-state index contributed by atoms with van der Waals surface area (Å²) in [7, 11) is 0. The van der Waals surface area contributed by atoms with Crippen molar-refractivity contribution in [2.75, 3.05) is 44.2 Å². The van der Waals surface area contributed by atoms with E-state index in [9.17, 15) is 18.0 Å². The smallest absolute Gasteiger partial charge is 0.361 e. The number of hydrogen-bond acceptors (Lipinski definition) is 6. The SMILES string of the molecule is Cc1noc(C)c1C(=O)N1CCC(N2CCN(c3ccc(C(F)(F)F)cn3)CC2)CC1. The minimum absolute atomic E-state index is 0.0205. The summed E-state index contributed by atoms with van der Waals surface area (Å²) in [6, 6.07) is 2.92. The van der Waals surface area contributed by atoms with Crippen molar-refractivity contribution in [1.82, 2.24) is 19.9 Å². The van der Waals surface area contributed by atoms with Crippen LogP contribution in [0.25, 0.3) is 0 Å². The van der Waals surface area contributed by atoms with Crippen molar-refractivity contribution in [1.29, 1.82) is 0 Å². The quantitative estimate of drug-likeness (QED) is 0.735. The molecule has 2 saturated heterocycles. The summed E-state index contributed by atoms with van der Waals surface area (Å²) >= 11 is 0. The number of piperazine rings is 1. The first kappa shape index (κ1) is 21.6. The molecule has 31 heavy (non-hydrogen) atoms. The monoisotopic (exact) mass is 437 g/mol. The van der Waals surface area contributed by atoms with Gasteiger partial charge in [0.25, 0.3) is 5.91 Å². The number of hydrogen-bond donors (Lipinski definition) is 0. The maximum absolute atomic E-state index is 12.8. The van der Waals surface area contributed by atoms with Gasteiger partial charge in [-0.2, -0.15) is 13.2 Å². The third-order valence-electron chi connectivity index (χ3n) is 6.23. The second-order valence-electron chi connectivity index (χ2n) is 8.15. The number of pyridine rings is 1. The van der Waals surface area contributed by atoms with E-state index < -0.39 is 11.7 Å². The number of amides is 1. The number of carbonyl (C=O) groups is 1. The van der Waals surface area contributed by atoms with Crippen molar-refractivity contribution in [3.05, 3.63) is 40.9 Å². The third-order valence-corrected chi connectivity index (χ3v) is 6.23. The number of carbonyl (C=O) groups excluding carboxylic acids is 1. The van der Waals surface area contributed by atoms with Crippen LogP contribution in [-0.2, 0) is 6.18 Å². The molecule has 4 rings (SSSR count). The van der Waals surface area contributed by atoms with Gasteiger partial charge in [0.1, 0.15) is 17.1 Å². The summed E-state index contributed by atoms with van der Waals surface area (Å²) in [5.41, 5.74) is 0.460. The van der Waals surface area contributed by atoms with Gasteiger partial charge in [0.05, 0.1) is 11.3 Å². The van der Waals surface area contributed by atoms with E-state index in [1.54, 1.807) is 13.8 Å². The van der Waals surface area contributed by atoms with Gasteiger partial charge >= 0.3 is 6.18 Å². The van der Waals surface area contributed by atoms with Crippen LogP contribution in [0.1, 0.15) is 40.2 Å². The Labute approximate surface area is 178 Å². The van der Waals surface area contributed by atoms with Crippen LogP contribution < -0.4 is 4.90 Å². The Kier molecular flexibility index (Phi) is 5.92. The first-order chi connectivity index (χ1) is 14.7. The molecule has 0 unspecified atom stereocenters. The molecule has 2 aliphatic heterocycles. The van der Waals surface area contributed by atoms with Gasteiger partial charge in [0.2, 0.25) is 0 Å². The molecule has 0 atom stereocenters. The Morgan fingerprint density at radius 1 is 1.06 bits per heavy atom. The van der Waals surface area contributed by atoms with Crippen LogP contribution in [0.15, 0.2) is 22.9 Å². The van der Waals surface area contributed by atoms with Crippen LogP contribution in [0.4, 0.5) is 19.0 Å². The van der Waals surface area contributed by atoms with Gasteiger partial charge in [0, 0.05) is 51.5 Å². The Bertz CT molecular complexity index is 893. The van der Waals surface area contributed by atoms with Crippen LogP contribution in [0, 0.1) is 13.8 Å². The summed E-state index contributed by atoms with van der Waals surface area (Å²) in [6.07, 6.45) is -1.68. The molecule has 10 heteroatoms. The maximum atomic E-state index is 12.8. The van der Waals surface area contributed by atoms with Crippen molar-refractivity contribution >= 4 is 11.7 Å². The highest BCUT2D eigenvalue weighted by molar-refractivity contribution is 5.96. The van der Waals surface area contributed by atoms with Crippen LogP contribution in [0.2, 0.25) is 0 Å². The van der Waals surface area contributed by atoms with E-state index in [4.69, 9.17) is 4.52 Å². The first-order valence-electron chi connectivity index (χ1n) is 10.5. The fraction of sp³-hybridized carbons (Fsp3) is 0.571. The topological polar surface area (TPSA) is 65.7 Å². The summed E-state index contributed by atoms with van der Waals surface area (Å²) in [5.74, 6) is 1.11. The molecule has 4 heterocycles. The first-order valence-corrected chi connectivity index (χ1v) is 10.5. The molecular formula is C21H26F3N5O2. The summed E-state index contributed by atoms with van der Waals surface area (Å²) < 4.78 is 43.3. The predicted octanol–water partition coefficient (Wildman–Crippen LogP) is 3.13. The lowest BCUT2D eigenvalue weighted by Crippen LogP contribution is -2.54. The van der Waals surface area contributed by atoms with Crippen LogP contribution in [0.3, 0.4) is 0 Å². The predicted molar refractivity (Wildman–Crippen MR) is 108 cm³/mol. The molecule has 2 aromatic rings. The Balaban J connectivity index is 1.28. The van der Waals surface area contributed by atoms with E-state index in [1.165, 1.54) is 6.07 Å². The molecule has 2 fully saturated rings. The molecule has 0 bridgehead atoms. The van der Waals surface area contributed by atoms with E-state index in [0.717, 1.165) is 51.3 Å². The highest BCUT2D eigenvalue weighted by atomic mass is 19.4. The number of halogens is 3. The number of piperidine rings is 1. The molecule has 0 aliphatic carbocycles. The zero-order chi connectivity index (χ0) is 22.2. The van der Waals surface area contributed by atoms with Gasteiger partial charge in [0.15, 0.2) is 0 Å². The average molecular weight is 437 g/mol. The van der Waals surface area contributed by atoms with Crippen molar-refractivity contribution in [3.63, 3.8) is 0 Å². The van der Waals surface area contributed by atoms with Gasteiger partial charge < -0.3 is 14.3 Å². The largest absolute Gasteiger partial charge is 0.417 e. The lowest BCUT2D eigenvalue weighted by molar-refractivity contribution is -0.137. The number of aryl methyl sites for hydroxylation is 2. The number of alkyl halides is 3. The molecule has 1 amide bonds. The fourth-order valence-corrected chi connectivity index (χ4v) is 4.44. The van der Waals surface area contributed by atoms with Gasteiger partial charge in [-0.25, -0.2) is 4.98 Å². The molecule has 0 saturated carbocycles. The second-order valence-corrected chi connectivity index (χ2v) is 8.15. The van der Waals surface area contributed by atoms with Gasteiger partial charge in [-0.05, 0) is 38.8 Å². The Morgan fingerprint density at radius 3 is 2.26 bits per heavy atom. The molecule has 2 aliphatic rings. The highest BCUT2D eigenvalue weighted by Crippen LogP contribution is 2.30. The maximum Gasteiger partial charge on any atom is 0.417 e. The van der Waals surface area contributed by atoms with E-state index in [-0.39, 0.29) is 5.91 Å². The molecule has 0 aromatic carbocycles. The van der Waals surface area contributed by atoms with Crippen molar-refractivity contribution in [2.24, 2.45) is 0 Å². The minimum Gasteiger partial charge on any atom is -0.361 e. The average Bonchev–Trinajstić information content (AvgIpc) is 3.11. The fourth-order valence-electron chi connectivity index (χ4n) is 4.44. The van der Waals surface area contributed by atoms with Crippen molar-refractivity contribution < 1.29 is 22.5 Å². The van der Waals surface area contributed by atoms with E-state index >= 15 is 0 Å². The van der Waals surface area contributed by atoms with Crippen LogP contribution in [-0.4, -0.2) is 71.2 Å². The van der Waals surface area contributed by atoms with Crippen LogP contribution >= 0.6 is 0 Å². The van der Waals surface area contributed by atoms with E-state index in [0.29, 0.717) is 42.0 Å².